The topological polar surface area (TPSA) is 48.0 Å². The standard InChI is InChI=1S/C15H23NO4/c1-6-20-15(17)10-14(16(2)3)11-7-12(18-4)9-13(8-11)19-5/h7-9,14H,6,10H2,1-5H3. The molecule has 0 spiro atoms. The first-order valence-corrected chi connectivity index (χ1v) is 6.56. The molecule has 1 aromatic carbocycles. The Morgan fingerprint density at radius 2 is 1.70 bits per heavy atom. The lowest BCUT2D eigenvalue weighted by atomic mass is 10.0. The van der Waals surface area contributed by atoms with Gasteiger partial charge in [0.2, 0.25) is 0 Å². The number of carbonyl (C=O) groups excluding carboxylic acids is 1. The van der Waals surface area contributed by atoms with Crippen molar-refractivity contribution in [3.63, 3.8) is 0 Å². The molecule has 0 aliphatic heterocycles. The highest BCUT2D eigenvalue weighted by molar-refractivity contribution is 5.70. The van der Waals surface area contributed by atoms with Crippen LogP contribution >= 0.6 is 0 Å². The lowest BCUT2D eigenvalue weighted by molar-refractivity contribution is -0.144. The lowest BCUT2D eigenvalue weighted by Crippen LogP contribution is -2.23. The summed E-state index contributed by atoms with van der Waals surface area (Å²) in [6.07, 6.45) is 0.289. The van der Waals surface area contributed by atoms with E-state index in [-0.39, 0.29) is 18.4 Å². The van der Waals surface area contributed by atoms with Crippen LogP contribution in [0.3, 0.4) is 0 Å². The van der Waals surface area contributed by atoms with Gasteiger partial charge in [-0.25, -0.2) is 0 Å². The molecule has 1 aromatic rings. The molecule has 20 heavy (non-hydrogen) atoms. The maximum atomic E-state index is 11.7. The summed E-state index contributed by atoms with van der Waals surface area (Å²) < 4.78 is 15.6. The minimum absolute atomic E-state index is 0.0851. The second-order valence-corrected chi connectivity index (χ2v) is 4.63. The number of nitrogens with zero attached hydrogens (tertiary/aromatic N) is 1. The van der Waals surface area contributed by atoms with Gasteiger partial charge in [0.25, 0.3) is 0 Å². The largest absolute Gasteiger partial charge is 0.497 e. The molecule has 0 saturated heterocycles. The summed E-state index contributed by atoms with van der Waals surface area (Å²) in [4.78, 5) is 13.7. The zero-order valence-corrected chi connectivity index (χ0v) is 12.8. The zero-order valence-electron chi connectivity index (χ0n) is 12.8. The number of rotatable bonds is 7. The fourth-order valence-electron chi connectivity index (χ4n) is 2.00. The molecule has 5 nitrogen and oxygen atoms in total. The predicted molar refractivity (Wildman–Crippen MR) is 77.2 cm³/mol. The van der Waals surface area contributed by atoms with Crippen LogP contribution in [0.2, 0.25) is 0 Å². The van der Waals surface area contributed by atoms with Gasteiger partial charge < -0.3 is 19.1 Å². The molecular formula is C15H23NO4. The fourth-order valence-corrected chi connectivity index (χ4v) is 2.00. The van der Waals surface area contributed by atoms with Crippen LogP contribution in [-0.2, 0) is 9.53 Å². The Hall–Kier alpha value is -1.75. The van der Waals surface area contributed by atoms with Crippen LogP contribution in [0.5, 0.6) is 11.5 Å². The molecule has 1 atom stereocenters. The van der Waals surface area contributed by atoms with Crippen molar-refractivity contribution in [2.24, 2.45) is 0 Å². The minimum atomic E-state index is -0.215. The Bertz CT molecular complexity index is 423. The van der Waals surface area contributed by atoms with Gasteiger partial charge in [-0.3, -0.25) is 4.79 Å². The average Bonchev–Trinajstić information content (AvgIpc) is 2.44. The highest BCUT2D eigenvalue weighted by Gasteiger charge is 2.20. The summed E-state index contributed by atoms with van der Waals surface area (Å²) in [5, 5.41) is 0. The third kappa shape index (κ3) is 4.42. The molecule has 0 radical (unpaired) electrons. The molecule has 0 fully saturated rings. The summed E-state index contributed by atoms with van der Waals surface area (Å²) in [6, 6.07) is 5.54. The Balaban J connectivity index is 3.04. The average molecular weight is 281 g/mol. The maximum Gasteiger partial charge on any atom is 0.307 e. The summed E-state index contributed by atoms with van der Waals surface area (Å²) in [5.41, 5.74) is 0.958. The fraction of sp³-hybridized carbons (Fsp3) is 0.533. The van der Waals surface area contributed by atoms with Gasteiger partial charge in [-0.1, -0.05) is 0 Å². The molecule has 0 aliphatic rings. The summed E-state index contributed by atoms with van der Waals surface area (Å²) in [7, 11) is 7.06. The van der Waals surface area contributed by atoms with Crippen molar-refractivity contribution in [1.29, 1.82) is 0 Å². The van der Waals surface area contributed by atoms with Gasteiger partial charge >= 0.3 is 5.97 Å². The molecule has 0 saturated carbocycles. The number of esters is 1. The monoisotopic (exact) mass is 281 g/mol. The molecule has 112 valence electrons. The molecule has 0 bridgehead atoms. The molecule has 0 aliphatic carbocycles. The number of ether oxygens (including phenoxy) is 3. The Labute approximate surface area is 120 Å². The van der Waals surface area contributed by atoms with Crippen molar-refractivity contribution in [2.45, 2.75) is 19.4 Å². The molecule has 0 aromatic heterocycles. The van der Waals surface area contributed by atoms with E-state index in [1.54, 1.807) is 27.2 Å². The van der Waals surface area contributed by atoms with Gasteiger partial charge in [0.1, 0.15) is 11.5 Å². The first-order chi connectivity index (χ1) is 9.51. The van der Waals surface area contributed by atoms with Crippen molar-refractivity contribution >= 4 is 5.97 Å². The van der Waals surface area contributed by atoms with E-state index < -0.39 is 0 Å². The van der Waals surface area contributed by atoms with E-state index >= 15 is 0 Å². The minimum Gasteiger partial charge on any atom is -0.497 e. The molecule has 5 heteroatoms. The number of benzene rings is 1. The molecular weight excluding hydrogens is 258 g/mol. The first kappa shape index (κ1) is 16.3. The third-order valence-corrected chi connectivity index (χ3v) is 3.05. The van der Waals surface area contributed by atoms with E-state index in [4.69, 9.17) is 14.2 Å². The molecule has 1 unspecified atom stereocenters. The molecule has 1 rings (SSSR count). The van der Waals surface area contributed by atoms with E-state index in [2.05, 4.69) is 0 Å². The van der Waals surface area contributed by atoms with Gasteiger partial charge in [-0.05, 0) is 38.7 Å². The third-order valence-electron chi connectivity index (χ3n) is 3.05. The van der Waals surface area contributed by atoms with E-state index in [0.717, 1.165) is 5.56 Å². The smallest absolute Gasteiger partial charge is 0.307 e. The van der Waals surface area contributed by atoms with Gasteiger partial charge in [0.05, 0.1) is 27.2 Å². The van der Waals surface area contributed by atoms with Crippen LogP contribution in [0.1, 0.15) is 24.9 Å². The van der Waals surface area contributed by atoms with Crippen molar-refractivity contribution in [2.75, 3.05) is 34.9 Å². The first-order valence-electron chi connectivity index (χ1n) is 6.56. The van der Waals surface area contributed by atoms with Gasteiger partial charge in [0.15, 0.2) is 0 Å². The van der Waals surface area contributed by atoms with E-state index in [9.17, 15) is 4.79 Å². The highest BCUT2D eigenvalue weighted by Crippen LogP contribution is 2.30. The van der Waals surface area contributed by atoms with Crippen LogP contribution in [-0.4, -0.2) is 45.8 Å². The second kappa shape index (κ2) is 7.75. The van der Waals surface area contributed by atoms with Crippen LogP contribution < -0.4 is 9.47 Å². The molecule has 0 amide bonds. The van der Waals surface area contributed by atoms with Crippen LogP contribution in [0.4, 0.5) is 0 Å². The summed E-state index contributed by atoms with van der Waals surface area (Å²) >= 11 is 0. The number of hydrogen-bond acceptors (Lipinski definition) is 5. The SMILES string of the molecule is CCOC(=O)CC(c1cc(OC)cc(OC)c1)N(C)C. The summed E-state index contributed by atoms with van der Waals surface area (Å²) in [6.45, 7) is 2.19. The lowest BCUT2D eigenvalue weighted by Gasteiger charge is -2.24. The van der Waals surface area contributed by atoms with Crippen molar-refractivity contribution in [3.8, 4) is 11.5 Å². The zero-order chi connectivity index (χ0) is 15.1. The van der Waals surface area contributed by atoms with Crippen LogP contribution in [0.15, 0.2) is 18.2 Å². The van der Waals surface area contributed by atoms with Gasteiger partial charge in [-0.2, -0.15) is 0 Å². The Morgan fingerprint density at radius 3 is 2.10 bits per heavy atom. The van der Waals surface area contributed by atoms with Crippen molar-refractivity contribution < 1.29 is 19.0 Å². The quantitative estimate of drug-likeness (QED) is 0.717. The van der Waals surface area contributed by atoms with Crippen molar-refractivity contribution in [3.05, 3.63) is 23.8 Å². The van der Waals surface area contributed by atoms with Crippen LogP contribution in [0.25, 0.3) is 0 Å². The van der Waals surface area contributed by atoms with Gasteiger partial charge in [0, 0.05) is 12.1 Å². The maximum absolute atomic E-state index is 11.7. The highest BCUT2D eigenvalue weighted by atomic mass is 16.5. The Kier molecular flexibility index (Phi) is 6.31. The normalized spacial score (nSPS) is 12.1. The van der Waals surface area contributed by atoms with Gasteiger partial charge in [-0.15, -0.1) is 0 Å². The van der Waals surface area contributed by atoms with Crippen LogP contribution in [0, 0.1) is 0 Å². The number of hydrogen-bond donors (Lipinski definition) is 0. The Morgan fingerprint density at radius 1 is 1.15 bits per heavy atom. The number of methoxy groups -OCH3 is 2. The van der Waals surface area contributed by atoms with E-state index in [1.165, 1.54) is 0 Å². The summed E-state index contributed by atoms with van der Waals surface area (Å²) in [5.74, 6) is 1.19. The number of carbonyl (C=O) groups is 1. The molecule has 0 heterocycles. The van der Waals surface area contributed by atoms with Crippen molar-refractivity contribution in [1.82, 2.24) is 4.90 Å². The second-order valence-electron chi connectivity index (χ2n) is 4.63. The van der Waals surface area contributed by atoms with E-state index in [1.807, 2.05) is 31.1 Å². The van der Waals surface area contributed by atoms with E-state index in [0.29, 0.717) is 18.1 Å². The molecule has 0 N–H and O–H groups in total. The predicted octanol–water partition coefficient (Wildman–Crippen LogP) is 2.26.